The molecule has 0 aliphatic heterocycles. The van der Waals surface area contributed by atoms with E-state index in [9.17, 15) is 14.4 Å². The van der Waals surface area contributed by atoms with Gasteiger partial charge in [-0.1, -0.05) is 18.2 Å². The molecule has 2 amide bonds. The summed E-state index contributed by atoms with van der Waals surface area (Å²) in [6.45, 7) is 1.74. The van der Waals surface area contributed by atoms with Crippen LogP contribution in [0, 0.1) is 0 Å². The van der Waals surface area contributed by atoms with Gasteiger partial charge in [-0.2, -0.15) is 0 Å². The molecule has 0 aliphatic rings. The Kier molecular flexibility index (Phi) is 5.30. The number of nitrogens with one attached hydrogen (secondary N) is 2. The van der Waals surface area contributed by atoms with E-state index >= 15 is 0 Å². The predicted octanol–water partition coefficient (Wildman–Crippen LogP) is 2.53. The number of fused-ring (bicyclic) bond motifs is 3. The van der Waals surface area contributed by atoms with Gasteiger partial charge in [0.2, 0.25) is 5.91 Å². The number of carbonyl (C=O) groups is 3. The van der Waals surface area contributed by atoms with Crippen LogP contribution in [0.15, 0.2) is 30.3 Å². The van der Waals surface area contributed by atoms with Gasteiger partial charge in [-0.3, -0.25) is 9.59 Å². The van der Waals surface area contributed by atoms with Gasteiger partial charge < -0.3 is 15.4 Å². The molecule has 2 heterocycles. The third kappa shape index (κ3) is 3.97. The molecule has 0 aliphatic carbocycles. The smallest absolute Gasteiger partial charge is 0.348 e. The molecule has 3 aromatic rings. The number of ether oxygens (including phenoxy) is 1. The number of carbonyl (C=O) groups excluding carboxylic acids is 3. The predicted molar refractivity (Wildman–Crippen MR) is 99.2 cm³/mol. The van der Waals surface area contributed by atoms with Crippen LogP contribution in [0.5, 0.6) is 0 Å². The second kappa shape index (κ2) is 7.62. The van der Waals surface area contributed by atoms with Gasteiger partial charge in [0.05, 0.1) is 11.2 Å². The van der Waals surface area contributed by atoms with E-state index in [4.69, 9.17) is 4.74 Å². The fourth-order valence-electron chi connectivity index (χ4n) is 2.29. The SMILES string of the molecule is CCNC(=O)CNC(=O)COC(=O)c1cc2sc3ccccc3c2s1. The van der Waals surface area contributed by atoms with Crippen molar-refractivity contribution in [2.75, 3.05) is 19.7 Å². The minimum atomic E-state index is -0.536. The van der Waals surface area contributed by atoms with Gasteiger partial charge in [-0.05, 0) is 19.1 Å². The Balaban J connectivity index is 1.59. The minimum absolute atomic E-state index is 0.134. The molecule has 0 unspecified atom stereocenters. The average Bonchev–Trinajstić information content (AvgIpc) is 3.16. The van der Waals surface area contributed by atoms with Crippen molar-refractivity contribution in [2.24, 2.45) is 0 Å². The van der Waals surface area contributed by atoms with Crippen molar-refractivity contribution in [1.82, 2.24) is 10.6 Å². The zero-order valence-electron chi connectivity index (χ0n) is 13.5. The molecule has 130 valence electrons. The molecule has 0 atom stereocenters. The molecule has 0 saturated carbocycles. The van der Waals surface area contributed by atoms with E-state index in [1.165, 1.54) is 16.0 Å². The summed E-state index contributed by atoms with van der Waals surface area (Å²) < 4.78 is 8.28. The Hall–Kier alpha value is -2.45. The number of hydrogen-bond donors (Lipinski definition) is 2. The molecule has 0 spiro atoms. The average molecular weight is 376 g/mol. The highest BCUT2D eigenvalue weighted by Crippen LogP contribution is 2.39. The maximum Gasteiger partial charge on any atom is 0.348 e. The fourth-order valence-corrected chi connectivity index (χ4v) is 4.71. The number of benzene rings is 1. The van der Waals surface area contributed by atoms with Crippen LogP contribution in [-0.2, 0) is 14.3 Å². The number of rotatable bonds is 6. The standard InChI is InChI=1S/C17H16N2O4S2/c1-2-18-14(20)8-19-15(21)9-23-17(22)13-7-12-16(25-13)10-5-3-4-6-11(10)24-12/h3-7H,2,8-9H2,1H3,(H,18,20)(H,19,21). The first-order chi connectivity index (χ1) is 12.1. The number of amides is 2. The van der Waals surface area contributed by atoms with Crippen molar-refractivity contribution in [3.8, 4) is 0 Å². The minimum Gasteiger partial charge on any atom is -0.451 e. The number of esters is 1. The van der Waals surface area contributed by atoms with E-state index < -0.39 is 18.5 Å². The summed E-state index contributed by atoms with van der Waals surface area (Å²) >= 11 is 2.98. The summed E-state index contributed by atoms with van der Waals surface area (Å²) in [7, 11) is 0. The first-order valence-electron chi connectivity index (χ1n) is 7.70. The molecule has 1 aromatic carbocycles. The second-order valence-electron chi connectivity index (χ2n) is 5.21. The number of hydrogen-bond acceptors (Lipinski definition) is 6. The first-order valence-corrected chi connectivity index (χ1v) is 9.33. The lowest BCUT2D eigenvalue weighted by Gasteiger charge is -2.05. The first kappa shape index (κ1) is 17.4. The highest BCUT2D eigenvalue weighted by molar-refractivity contribution is 7.33. The molecule has 0 saturated heterocycles. The quantitative estimate of drug-likeness (QED) is 0.648. The van der Waals surface area contributed by atoms with Crippen LogP contribution in [0.1, 0.15) is 16.6 Å². The van der Waals surface area contributed by atoms with Crippen LogP contribution in [0.25, 0.3) is 19.5 Å². The van der Waals surface area contributed by atoms with E-state index in [2.05, 4.69) is 10.6 Å². The maximum atomic E-state index is 12.1. The van der Waals surface area contributed by atoms with E-state index in [1.807, 2.05) is 24.3 Å². The van der Waals surface area contributed by atoms with Gasteiger partial charge in [0.25, 0.3) is 5.91 Å². The van der Waals surface area contributed by atoms with Gasteiger partial charge in [0, 0.05) is 21.3 Å². The summed E-state index contributed by atoms with van der Waals surface area (Å²) in [4.78, 5) is 35.5. The van der Waals surface area contributed by atoms with E-state index in [1.54, 1.807) is 24.3 Å². The summed E-state index contributed by atoms with van der Waals surface area (Å²) in [6.07, 6.45) is 0. The fraction of sp³-hybridized carbons (Fsp3) is 0.235. The summed E-state index contributed by atoms with van der Waals surface area (Å²) in [5.41, 5.74) is 0. The molecule has 0 radical (unpaired) electrons. The van der Waals surface area contributed by atoms with Crippen molar-refractivity contribution in [1.29, 1.82) is 0 Å². The van der Waals surface area contributed by atoms with Crippen LogP contribution in [0.4, 0.5) is 0 Å². The third-order valence-electron chi connectivity index (χ3n) is 3.41. The number of thiophene rings is 2. The molecular formula is C17H16N2O4S2. The zero-order valence-corrected chi connectivity index (χ0v) is 15.1. The van der Waals surface area contributed by atoms with Crippen LogP contribution in [0.2, 0.25) is 0 Å². The molecule has 25 heavy (non-hydrogen) atoms. The van der Waals surface area contributed by atoms with Gasteiger partial charge in [-0.25, -0.2) is 4.79 Å². The van der Waals surface area contributed by atoms with Crippen LogP contribution < -0.4 is 10.6 Å². The summed E-state index contributed by atoms with van der Waals surface area (Å²) in [6, 6.07) is 9.81. The van der Waals surface area contributed by atoms with Crippen molar-refractivity contribution >= 4 is 59.9 Å². The highest BCUT2D eigenvalue weighted by Gasteiger charge is 2.16. The Bertz CT molecular complexity index is 945. The molecular weight excluding hydrogens is 360 g/mol. The van der Waals surface area contributed by atoms with Crippen LogP contribution in [0.3, 0.4) is 0 Å². The van der Waals surface area contributed by atoms with Gasteiger partial charge in [-0.15, -0.1) is 22.7 Å². The Morgan fingerprint density at radius 1 is 1.04 bits per heavy atom. The Labute approximate surface area is 151 Å². The van der Waals surface area contributed by atoms with E-state index in [0.29, 0.717) is 11.4 Å². The largest absolute Gasteiger partial charge is 0.451 e. The lowest BCUT2D eigenvalue weighted by molar-refractivity contribution is -0.127. The molecule has 2 aromatic heterocycles. The van der Waals surface area contributed by atoms with E-state index in [-0.39, 0.29) is 12.5 Å². The van der Waals surface area contributed by atoms with Crippen LogP contribution >= 0.6 is 22.7 Å². The highest BCUT2D eigenvalue weighted by atomic mass is 32.1. The molecule has 0 fully saturated rings. The van der Waals surface area contributed by atoms with Crippen molar-refractivity contribution in [2.45, 2.75) is 6.92 Å². The zero-order chi connectivity index (χ0) is 17.8. The monoisotopic (exact) mass is 376 g/mol. The molecule has 6 nitrogen and oxygen atoms in total. The second-order valence-corrected chi connectivity index (χ2v) is 7.34. The van der Waals surface area contributed by atoms with Gasteiger partial charge >= 0.3 is 5.97 Å². The van der Waals surface area contributed by atoms with Crippen molar-refractivity contribution in [3.05, 3.63) is 35.2 Å². The number of likely N-dealkylation sites (N-methyl/N-ethyl adjacent to an activating group) is 1. The van der Waals surface area contributed by atoms with E-state index in [0.717, 1.165) is 14.8 Å². The maximum absolute atomic E-state index is 12.1. The van der Waals surface area contributed by atoms with Crippen molar-refractivity contribution < 1.29 is 19.1 Å². The molecule has 2 N–H and O–H groups in total. The lowest BCUT2D eigenvalue weighted by Crippen LogP contribution is -2.38. The Morgan fingerprint density at radius 2 is 1.84 bits per heavy atom. The third-order valence-corrected chi connectivity index (χ3v) is 5.80. The molecule has 3 rings (SSSR count). The topological polar surface area (TPSA) is 84.5 Å². The van der Waals surface area contributed by atoms with Gasteiger partial charge in [0.15, 0.2) is 6.61 Å². The summed E-state index contributed by atoms with van der Waals surface area (Å²) in [5, 5.41) is 6.07. The molecule has 0 bridgehead atoms. The normalized spacial score (nSPS) is 10.8. The van der Waals surface area contributed by atoms with Crippen LogP contribution in [-0.4, -0.2) is 37.5 Å². The molecule has 8 heteroatoms. The van der Waals surface area contributed by atoms with Gasteiger partial charge in [0.1, 0.15) is 4.88 Å². The lowest BCUT2D eigenvalue weighted by atomic mass is 10.2. The summed E-state index contributed by atoms with van der Waals surface area (Å²) in [5.74, 6) is -1.33. The Morgan fingerprint density at radius 3 is 2.64 bits per heavy atom. The van der Waals surface area contributed by atoms with Crippen molar-refractivity contribution in [3.63, 3.8) is 0 Å².